The molecule has 0 saturated carbocycles. The van der Waals surface area contributed by atoms with E-state index in [0.717, 1.165) is 5.69 Å². The van der Waals surface area contributed by atoms with E-state index in [1.165, 1.54) is 29.4 Å². The molecule has 10 heteroatoms. The highest BCUT2D eigenvalue weighted by molar-refractivity contribution is 7.93. The molecule has 9 nitrogen and oxygen atoms in total. The molecule has 2 aromatic heterocycles. The van der Waals surface area contributed by atoms with Crippen LogP contribution < -0.4 is 5.56 Å². The van der Waals surface area contributed by atoms with Crippen LogP contribution in [-0.4, -0.2) is 59.6 Å². The van der Waals surface area contributed by atoms with Crippen LogP contribution >= 0.6 is 0 Å². The van der Waals surface area contributed by atoms with Crippen LogP contribution in [0.3, 0.4) is 0 Å². The summed E-state index contributed by atoms with van der Waals surface area (Å²) in [6, 6.07) is 5.04. The van der Waals surface area contributed by atoms with E-state index in [1.54, 1.807) is 4.90 Å². The predicted molar refractivity (Wildman–Crippen MR) is 114 cm³/mol. The van der Waals surface area contributed by atoms with E-state index in [9.17, 15) is 18.6 Å². The molecule has 3 heterocycles. The van der Waals surface area contributed by atoms with E-state index in [2.05, 4.69) is 9.35 Å². The maximum absolute atomic E-state index is 13.1. The van der Waals surface area contributed by atoms with E-state index in [-0.39, 0.29) is 29.7 Å². The second-order valence-electron chi connectivity index (χ2n) is 7.62. The molecule has 1 aliphatic rings. The van der Waals surface area contributed by atoms with Crippen LogP contribution in [0.15, 0.2) is 39.9 Å². The lowest BCUT2D eigenvalue weighted by atomic mass is 10.1. The Hall–Kier alpha value is -2.75. The van der Waals surface area contributed by atoms with Crippen molar-refractivity contribution in [2.75, 3.05) is 19.3 Å². The minimum atomic E-state index is -2.74. The van der Waals surface area contributed by atoms with E-state index < -0.39 is 15.6 Å². The third-order valence-corrected chi connectivity index (χ3v) is 7.86. The van der Waals surface area contributed by atoms with E-state index in [4.69, 9.17) is 0 Å². The minimum absolute atomic E-state index is 0.0133. The quantitative estimate of drug-likeness (QED) is 0.704. The first-order chi connectivity index (χ1) is 14.2. The van der Waals surface area contributed by atoms with Crippen molar-refractivity contribution in [2.45, 2.75) is 38.0 Å². The second-order valence-corrected chi connectivity index (χ2v) is 10.2. The van der Waals surface area contributed by atoms with Gasteiger partial charge >= 0.3 is 0 Å². The van der Waals surface area contributed by atoms with Crippen molar-refractivity contribution in [1.29, 1.82) is 0 Å². The van der Waals surface area contributed by atoms with Crippen molar-refractivity contribution in [3.63, 3.8) is 0 Å². The third-order valence-electron chi connectivity index (χ3n) is 5.58. The monoisotopic (exact) mass is 433 g/mol. The lowest BCUT2D eigenvalue weighted by molar-refractivity contribution is -0.117. The smallest absolute Gasteiger partial charge is 0.270 e. The summed E-state index contributed by atoms with van der Waals surface area (Å²) in [7, 11) is -0.876. The lowest BCUT2D eigenvalue weighted by Gasteiger charge is -2.32. The molecule has 1 atom stereocenters. The van der Waals surface area contributed by atoms with Crippen molar-refractivity contribution in [1.82, 2.24) is 19.0 Å². The van der Waals surface area contributed by atoms with Crippen molar-refractivity contribution in [3.05, 3.63) is 52.5 Å². The molecule has 162 valence electrons. The van der Waals surface area contributed by atoms with Gasteiger partial charge in [-0.1, -0.05) is 0 Å². The van der Waals surface area contributed by atoms with Gasteiger partial charge in [0.2, 0.25) is 0 Å². The fourth-order valence-corrected chi connectivity index (χ4v) is 5.30. The maximum atomic E-state index is 13.1. The van der Waals surface area contributed by atoms with E-state index >= 15 is 0 Å². The summed E-state index contributed by atoms with van der Waals surface area (Å²) in [4.78, 5) is 42.3. The molecule has 0 spiro atoms. The van der Waals surface area contributed by atoms with Gasteiger partial charge in [-0.3, -0.25) is 19.0 Å². The van der Waals surface area contributed by atoms with Gasteiger partial charge in [0.25, 0.3) is 17.4 Å². The largest absolute Gasteiger partial charge is 0.344 e. The van der Waals surface area contributed by atoms with Crippen LogP contribution in [-0.2, 0) is 28.1 Å². The molecule has 1 unspecified atom stereocenters. The maximum Gasteiger partial charge on any atom is 0.270 e. The summed E-state index contributed by atoms with van der Waals surface area (Å²) in [5, 5.41) is -0.248. The zero-order chi connectivity index (χ0) is 21.9. The van der Waals surface area contributed by atoms with Crippen molar-refractivity contribution >= 4 is 21.5 Å². The summed E-state index contributed by atoms with van der Waals surface area (Å²) in [5.74, 6) is -0.530. The van der Waals surface area contributed by atoms with E-state index in [1.807, 2.05) is 30.7 Å². The molecule has 0 aromatic carbocycles. The van der Waals surface area contributed by atoms with Gasteiger partial charge < -0.3 is 9.47 Å². The average molecular weight is 434 g/mol. The summed E-state index contributed by atoms with van der Waals surface area (Å²) in [6.45, 7) is 3.05. The highest BCUT2D eigenvalue weighted by Gasteiger charge is 2.29. The van der Waals surface area contributed by atoms with Gasteiger partial charge in [0.1, 0.15) is 5.69 Å². The first kappa shape index (κ1) is 21.9. The topological polar surface area (TPSA) is 107 Å². The molecule has 0 radical (unpaired) electrons. The van der Waals surface area contributed by atoms with Crippen molar-refractivity contribution in [3.8, 4) is 0 Å². The van der Waals surface area contributed by atoms with Crippen LogP contribution in [0.2, 0.25) is 0 Å². The van der Waals surface area contributed by atoms with Gasteiger partial charge in [0.15, 0.2) is 0 Å². The molecular formula is C20H27N5O4S. The number of amides is 2. The Balaban J connectivity index is 1.59. The third kappa shape index (κ3) is 4.86. The fourth-order valence-electron chi connectivity index (χ4n) is 3.57. The van der Waals surface area contributed by atoms with Gasteiger partial charge in [-0.25, -0.2) is 9.19 Å². The normalized spacial score (nSPS) is 16.8. The molecule has 1 aliphatic heterocycles. The fraction of sp³-hybridized carbons (Fsp3) is 0.500. The number of nitrogens with zero attached hydrogens (tertiary/aromatic N) is 5. The zero-order valence-electron chi connectivity index (χ0n) is 17.5. The molecule has 0 bridgehead atoms. The second kappa shape index (κ2) is 8.95. The van der Waals surface area contributed by atoms with E-state index in [0.29, 0.717) is 31.6 Å². The summed E-state index contributed by atoms with van der Waals surface area (Å²) >= 11 is 0. The number of hydrogen-bond acceptors (Lipinski definition) is 5. The minimum Gasteiger partial charge on any atom is -0.344 e. The molecule has 2 amide bonds. The Kier molecular flexibility index (Phi) is 6.55. The number of hydrogen-bond donors (Lipinski definition) is 0. The van der Waals surface area contributed by atoms with Crippen molar-refractivity contribution < 1.29 is 13.8 Å². The van der Waals surface area contributed by atoms with Crippen LogP contribution in [0.5, 0.6) is 0 Å². The molecule has 0 aliphatic carbocycles. The number of aryl methyl sites for hydroxylation is 2. The van der Waals surface area contributed by atoms with Crippen LogP contribution in [0, 0.1) is 6.92 Å². The molecule has 3 rings (SSSR count). The van der Waals surface area contributed by atoms with Gasteiger partial charge in [-0.2, -0.15) is 4.36 Å². The highest BCUT2D eigenvalue weighted by Crippen LogP contribution is 2.21. The predicted octanol–water partition coefficient (Wildman–Crippen LogP) is 1.21. The lowest BCUT2D eigenvalue weighted by Crippen LogP contribution is -2.42. The standard InChI is InChI=1S/C20H27N5O4S/c1-15-4-5-17(23(15)2)20(28)24-11-7-16(8-12-24)30(3,29)22-18(26)9-13-25-14-21-10-6-19(25)27/h4-6,10,14,16H,7-9,11-13H2,1-3H3. The molecule has 0 N–H and O–H groups in total. The number of likely N-dealkylation sites (tertiary alicyclic amines) is 1. The Morgan fingerprint density at radius 2 is 1.93 bits per heavy atom. The first-order valence-corrected chi connectivity index (χ1v) is 11.8. The van der Waals surface area contributed by atoms with Gasteiger partial charge in [-0.15, -0.1) is 0 Å². The zero-order valence-corrected chi connectivity index (χ0v) is 18.3. The number of rotatable bonds is 5. The first-order valence-electron chi connectivity index (χ1n) is 9.85. The van der Waals surface area contributed by atoms with Crippen LogP contribution in [0.25, 0.3) is 0 Å². The Bertz CT molecular complexity index is 1120. The number of carbonyl (C=O) groups is 2. The summed E-state index contributed by atoms with van der Waals surface area (Å²) in [5.41, 5.74) is 1.39. The molecular weight excluding hydrogens is 406 g/mol. The Labute approximate surface area is 175 Å². The average Bonchev–Trinajstić information content (AvgIpc) is 3.05. The highest BCUT2D eigenvalue weighted by atomic mass is 32.2. The molecule has 2 aromatic rings. The molecule has 30 heavy (non-hydrogen) atoms. The molecule has 1 fully saturated rings. The van der Waals surface area contributed by atoms with Gasteiger partial charge in [0, 0.05) is 62.6 Å². The Morgan fingerprint density at radius 3 is 2.53 bits per heavy atom. The SMILES string of the molecule is Cc1ccc(C(=O)N2CCC(S(C)(=O)=NC(=O)CCn3cnccc3=O)CC2)n1C. The summed E-state index contributed by atoms with van der Waals surface area (Å²) < 4.78 is 20.2. The molecule has 1 saturated heterocycles. The number of aromatic nitrogens is 3. The summed E-state index contributed by atoms with van der Waals surface area (Å²) in [6.07, 6.45) is 5.30. The Morgan fingerprint density at radius 1 is 1.23 bits per heavy atom. The van der Waals surface area contributed by atoms with Gasteiger partial charge in [-0.05, 0) is 31.9 Å². The van der Waals surface area contributed by atoms with Gasteiger partial charge in [0.05, 0.1) is 16.1 Å². The van der Waals surface area contributed by atoms with Crippen molar-refractivity contribution in [2.24, 2.45) is 11.4 Å². The van der Waals surface area contributed by atoms with Crippen LogP contribution in [0.1, 0.15) is 35.4 Å². The number of piperidine rings is 1. The number of carbonyl (C=O) groups excluding carboxylic acids is 2. The van der Waals surface area contributed by atoms with Crippen LogP contribution in [0.4, 0.5) is 0 Å².